The molecule has 1 unspecified atom stereocenters. The zero-order valence-electron chi connectivity index (χ0n) is 10.2. The van der Waals surface area contributed by atoms with E-state index >= 15 is 0 Å². The highest BCUT2D eigenvalue weighted by Crippen LogP contribution is 2.24. The largest absolute Gasteiger partial charge is 0.330 e. The standard InChI is InChI=1S/C12H14FN3O2S/c13-12-2-1-11(5-10(12)7-15)19(17,18)16-4-3-9(6-14)8-16/h1-2,5,9H,3-4,6,8,14H2. The predicted octanol–water partition coefficient (Wildman–Crippen LogP) is 0.667. The Labute approximate surface area is 111 Å². The summed E-state index contributed by atoms with van der Waals surface area (Å²) in [5.74, 6) is -0.562. The Morgan fingerprint density at radius 3 is 2.84 bits per heavy atom. The van der Waals surface area contributed by atoms with Crippen LogP contribution in [0.1, 0.15) is 12.0 Å². The smallest absolute Gasteiger partial charge is 0.243 e. The van der Waals surface area contributed by atoms with Crippen molar-refractivity contribution in [3.05, 3.63) is 29.6 Å². The molecule has 0 spiro atoms. The van der Waals surface area contributed by atoms with Crippen molar-refractivity contribution in [1.82, 2.24) is 4.31 Å². The van der Waals surface area contributed by atoms with Crippen LogP contribution in [0.3, 0.4) is 0 Å². The molecule has 0 amide bonds. The van der Waals surface area contributed by atoms with Gasteiger partial charge in [-0.05, 0) is 37.1 Å². The zero-order valence-corrected chi connectivity index (χ0v) is 11.0. The Hall–Kier alpha value is -1.49. The van der Waals surface area contributed by atoms with Crippen LogP contribution < -0.4 is 5.73 Å². The molecule has 1 aromatic carbocycles. The minimum absolute atomic E-state index is 0.0527. The third-order valence-corrected chi connectivity index (χ3v) is 5.14. The number of nitriles is 1. The van der Waals surface area contributed by atoms with Gasteiger partial charge in [0.25, 0.3) is 0 Å². The molecule has 0 radical (unpaired) electrons. The van der Waals surface area contributed by atoms with E-state index in [1.165, 1.54) is 10.4 Å². The molecule has 1 aliphatic heterocycles. The summed E-state index contributed by atoms with van der Waals surface area (Å²) < 4.78 is 39.2. The summed E-state index contributed by atoms with van der Waals surface area (Å²) >= 11 is 0. The fourth-order valence-electron chi connectivity index (χ4n) is 2.11. The first kappa shape index (κ1) is 13.9. The molecule has 1 aromatic rings. The third kappa shape index (κ3) is 2.61. The van der Waals surface area contributed by atoms with E-state index in [1.807, 2.05) is 0 Å². The highest BCUT2D eigenvalue weighted by atomic mass is 32.2. The summed E-state index contributed by atoms with van der Waals surface area (Å²) in [6.45, 7) is 1.22. The molecule has 1 fully saturated rings. The lowest BCUT2D eigenvalue weighted by Gasteiger charge is -2.16. The average Bonchev–Trinajstić information content (AvgIpc) is 2.88. The number of hydrogen-bond acceptors (Lipinski definition) is 4. The lowest BCUT2D eigenvalue weighted by molar-refractivity contribution is 0.459. The van der Waals surface area contributed by atoms with E-state index in [4.69, 9.17) is 11.0 Å². The lowest BCUT2D eigenvalue weighted by Crippen LogP contribution is -2.30. The Morgan fingerprint density at radius 2 is 2.26 bits per heavy atom. The van der Waals surface area contributed by atoms with Crippen LogP contribution in [0.25, 0.3) is 0 Å². The van der Waals surface area contributed by atoms with Gasteiger partial charge in [-0.15, -0.1) is 0 Å². The maximum atomic E-state index is 13.2. The van der Waals surface area contributed by atoms with Gasteiger partial charge in [-0.2, -0.15) is 9.57 Å². The van der Waals surface area contributed by atoms with E-state index in [0.717, 1.165) is 18.6 Å². The normalized spacial score (nSPS) is 20.4. The van der Waals surface area contributed by atoms with Crippen molar-refractivity contribution in [2.24, 2.45) is 11.7 Å². The van der Waals surface area contributed by atoms with Gasteiger partial charge in [-0.25, -0.2) is 12.8 Å². The number of sulfonamides is 1. The monoisotopic (exact) mass is 283 g/mol. The SMILES string of the molecule is N#Cc1cc(S(=O)(=O)N2CCC(CN)C2)ccc1F. The molecule has 1 atom stereocenters. The molecule has 1 aliphatic rings. The molecule has 1 heterocycles. The first-order valence-electron chi connectivity index (χ1n) is 5.89. The highest BCUT2D eigenvalue weighted by Gasteiger charge is 2.32. The van der Waals surface area contributed by atoms with Crippen LogP contribution in [0.5, 0.6) is 0 Å². The number of hydrogen-bond donors (Lipinski definition) is 1. The Kier molecular flexibility index (Phi) is 3.85. The van der Waals surface area contributed by atoms with Gasteiger partial charge in [0.05, 0.1) is 10.5 Å². The number of nitrogens with zero attached hydrogens (tertiary/aromatic N) is 2. The van der Waals surface area contributed by atoms with E-state index in [0.29, 0.717) is 19.6 Å². The minimum Gasteiger partial charge on any atom is -0.330 e. The lowest BCUT2D eigenvalue weighted by atomic mass is 10.1. The molecular formula is C12H14FN3O2S. The van der Waals surface area contributed by atoms with Crippen molar-refractivity contribution >= 4 is 10.0 Å². The van der Waals surface area contributed by atoms with Crippen LogP contribution in [0.4, 0.5) is 4.39 Å². The van der Waals surface area contributed by atoms with Crippen molar-refractivity contribution in [3.63, 3.8) is 0 Å². The summed E-state index contributed by atoms with van der Waals surface area (Å²) in [5, 5.41) is 8.74. The van der Waals surface area contributed by atoms with Crippen molar-refractivity contribution in [2.45, 2.75) is 11.3 Å². The van der Waals surface area contributed by atoms with E-state index in [-0.39, 0.29) is 16.4 Å². The summed E-state index contributed by atoms with van der Waals surface area (Å²) in [5.41, 5.74) is 5.26. The molecule has 0 bridgehead atoms. The minimum atomic E-state index is -3.67. The van der Waals surface area contributed by atoms with Crippen LogP contribution in [-0.2, 0) is 10.0 Å². The first-order chi connectivity index (χ1) is 8.98. The van der Waals surface area contributed by atoms with Crippen LogP contribution in [-0.4, -0.2) is 32.4 Å². The highest BCUT2D eigenvalue weighted by molar-refractivity contribution is 7.89. The number of benzene rings is 1. The summed E-state index contributed by atoms with van der Waals surface area (Å²) in [7, 11) is -3.67. The quantitative estimate of drug-likeness (QED) is 0.883. The van der Waals surface area contributed by atoms with Gasteiger partial charge < -0.3 is 5.73 Å². The van der Waals surface area contributed by atoms with Gasteiger partial charge in [0.1, 0.15) is 11.9 Å². The van der Waals surface area contributed by atoms with Gasteiger partial charge in [-0.3, -0.25) is 0 Å². The fourth-order valence-corrected chi connectivity index (χ4v) is 3.67. The molecular weight excluding hydrogens is 269 g/mol. The van der Waals surface area contributed by atoms with Crippen LogP contribution in [0.2, 0.25) is 0 Å². The van der Waals surface area contributed by atoms with Gasteiger partial charge in [-0.1, -0.05) is 0 Å². The van der Waals surface area contributed by atoms with E-state index in [2.05, 4.69) is 0 Å². The van der Waals surface area contributed by atoms with Crippen molar-refractivity contribution < 1.29 is 12.8 Å². The molecule has 5 nitrogen and oxygen atoms in total. The first-order valence-corrected chi connectivity index (χ1v) is 7.33. The summed E-state index contributed by atoms with van der Waals surface area (Å²) in [6, 6.07) is 4.89. The second-order valence-corrected chi connectivity index (χ2v) is 6.44. The Balaban J connectivity index is 2.33. The van der Waals surface area contributed by atoms with Gasteiger partial charge in [0, 0.05) is 13.1 Å². The molecule has 0 aromatic heterocycles. The number of rotatable bonds is 3. The summed E-state index contributed by atoms with van der Waals surface area (Å²) in [4.78, 5) is -0.0527. The molecule has 1 saturated heterocycles. The molecule has 2 rings (SSSR count). The maximum Gasteiger partial charge on any atom is 0.243 e. The predicted molar refractivity (Wildman–Crippen MR) is 67.0 cm³/mol. The van der Waals surface area contributed by atoms with Crippen molar-refractivity contribution in [3.8, 4) is 6.07 Å². The number of nitrogens with two attached hydrogens (primary N) is 1. The third-order valence-electron chi connectivity index (χ3n) is 3.28. The van der Waals surface area contributed by atoms with Crippen LogP contribution >= 0.6 is 0 Å². The second-order valence-electron chi connectivity index (χ2n) is 4.51. The van der Waals surface area contributed by atoms with Gasteiger partial charge in [0.15, 0.2) is 0 Å². The van der Waals surface area contributed by atoms with Gasteiger partial charge in [0.2, 0.25) is 10.0 Å². The van der Waals surface area contributed by atoms with E-state index < -0.39 is 15.8 Å². The molecule has 0 aliphatic carbocycles. The van der Waals surface area contributed by atoms with Crippen molar-refractivity contribution in [1.29, 1.82) is 5.26 Å². The van der Waals surface area contributed by atoms with E-state index in [1.54, 1.807) is 6.07 Å². The molecule has 102 valence electrons. The Bertz CT molecular complexity index is 624. The van der Waals surface area contributed by atoms with Crippen molar-refractivity contribution in [2.75, 3.05) is 19.6 Å². The molecule has 19 heavy (non-hydrogen) atoms. The molecule has 0 saturated carbocycles. The summed E-state index contributed by atoms with van der Waals surface area (Å²) in [6.07, 6.45) is 0.724. The average molecular weight is 283 g/mol. The molecule has 7 heteroatoms. The Morgan fingerprint density at radius 1 is 1.53 bits per heavy atom. The van der Waals surface area contributed by atoms with Crippen LogP contribution in [0, 0.1) is 23.1 Å². The maximum absolute atomic E-state index is 13.2. The second kappa shape index (κ2) is 5.25. The number of halogens is 1. The van der Waals surface area contributed by atoms with Crippen LogP contribution in [0.15, 0.2) is 23.1 Å². The van der Waals surface area contributed by atoms with Gasteiger partial charge >= 0.3 is 0 Å². The zero-order chi connectivity index (χ0) is 14.0. The van der Waals surface area contributed by atoms with E-state index in [9.17, 15) is 12.8 Å². The topological polar surface area (TPSA) is 87.2 Å². The fraction of sp³-hybridized carbons (Fsp3) is 0.417. The molecule has 2 N–H and O–H groups in total.